The molecule has 0 N–H and O–H groups in total. The zero-order chi connectivity index (χ0) is 11.5. The molecule has 0 aromatic carbocycles. The molecule has 0 spiro atoms. The minimum Gasteiger partial charge on any atom is -0.292 e. The number of nitrogens with zero attached hydrogens (tertiary/aromatic N) is 2. The van der Waals surface area contributed by atoms with Crippen LogP contribution in [0.4, 0.5) is 0 Å². The minimum absolute atomic E-state index is 0.240. The summed E-state index contributed by atoms with van der Waals surface area (Å²) < 4.78 is -0.240. The van der Waals surface area contributed by atoms with Crippen LogP contribution < -0.4 is 0 Å². The molecule has 1 aliphatic rings. The second-order valence-corrected chi connectivity index (χ2v) is 10.6. The van der Waals surface area contributed by atoms with Crippen LogP contribution in [0.5, 0.6) is 0 Å². The van der Waals surface area contributed by atoms with E-state index in [1.54, 1.807) is 0 Å². The number of alkyl halides is 3. The first-order valence-corrected chi connectivity index (χ1v) is 6.90. The third kappa shape index (κ3) is 4.51. The second kappa shape index (κ2) is 5.75. The molecule has 1 aliphatic carbocycles. The van der Waals surface area contributed by atoms with Gasteiger partial charge in [-0.1, -0.05) is 66.0 Å². The molecule has 0 amide bonds. The third-order valence-electron chi connectivity index (χ3n) is 2.14. The molecular formula is C10H13Br3N2. The molecular weight excluding hydrogens is 388 g/mol. The van der Waals surface area contributed by atoms with Gasteiger partial charge in [-0.15, -0.1) is 0 Å². The van der Waals surface area contributed by atoms with Crippen LogP contribution in [0.2, 0.25) is 0 Å². The zero-order valence-corrected chi connectivity index (χ0v) is 13.4. The highest BCUT2D eigenvalue weighted by molar-refractivity contribution is 9.39. The fraction of sp³-hybridized carbons (Fsp3) is 0.500. The predicted molar refractivity (Wildman–Crippen MR) is 77.6 cm³/mol. The number of halogens is 3. The molecule has 5 heteroatoms. The Morgan fingerprint density at radius 3 is 2.60 bits per heavy atom. The maximum absolute atomic E-state index is 4.27. The van der Waals surface area contributed by atoms with E-state index in [0.29, 0.717) is 0 Å². The Kier molecular flexibility index (Phi) is 5.22. The quantitative estimate of drug-likeness (QED) is 0.649. The second-order valence-electron chi connectivity index (χ2n) is 3.37. The topological polar surface area (TPSA) is 15.6 Å². The van der Waals surface area contributed by atoms with E-state index in [9.17, 15) is 0 Å². The summed E-state index contributed by atoms with van der Waals surface area (Å²) in [4.78, 5) is 6.48. The van der Waals surface area contributed by atoms with Crippen molar-refractivity contribution in [2.75, 3.05) is 20.6 Å². The van der Waals surface area contributed by atoms with Gasteiger partial charge in [-0.05, 0) is 13.1 Å². The molecule has 1 rings (SSSR count). The van der Waals surface area contributed by atoms with Gasteiger partial charge in [0.1, 0.15) is 2.14 Å². The van der Waals surface area contributed by atoms with Gasteiger partial charge in [0, 0.05) is 13.6 Å². The maximum Gasteiger partial charge on any atom is 0.147 e. The van der Waals surface area contributed by atoms with Gasteiger partial charge in [-0.25, -0.2) is 0 Å². The van der Waals surface area contributed by atoms with Gasteiger partial charge in [-0.2, -0.15) is 0 Å². The first-order chi connectivity index (χ1) is 6.94. The minimum atomic E-state index is -0.240. The lowest BCUT2D eigenvalue weighted by molar-refractivity contribution is 0.347. The van der Waals surface area contributed by atoms with Gasteiger partial charge in [-0.3, -0.25) is 9.89 Å². The van der Waals surface area contributed by atoms with E-state index in [1.807, 2.05) is 25.3 Å². The van der Waals surface area contributed by atoms with E-state index in [4.69, 9.17) is 0 Å². The molecule has 0 fully saturated rings. The van der Waals surface area contributed by atoms with E-state index >= 15 is 0 Å². The average molecular weight is 401 g/mol. The number of hydrogen-bond donors (Lipinski definition) is 0. The lowest BCUT2D eigenvalue weighted by Crippen LogP contribution is -2.41. The number of rotatable bonds is 2. The van der Waals surface area contributed by atoms with E-state index in [-0.39, 0.29) is 8.18 Å². The smallest absolute Gasteiger partial charge is 0.147 e. The summed E-state index contributed by atoms with van der Waals surface area (Å²) in [6.45, 7) is 0.814. The summed E-state index contributed by atoms with van der Waals surface area (Å²) in [5.41, 5.74) is 1.08. The molecule has 0 radical (unpaired) electrons. The summed E-state index contributed by atoms with van der Waals surface area (Å²) in [7, 11) is 3.89. The molecule has 0 aromatic rings. The molecule has 84 valence electrons. The lowest BCUT2D eigenvalue weighted by atomic mass is 10.1. The SMILES string of the molecule is C/N=C1/C=CC=CC1N(C)CC(Br)(Br)Br. The van der Waals surface area contributed by atoms with Crippen molar-refractivity contribution in [3.05, 3.63) is 24.3 Å². The highest BCUT2D eigenvalue weighted by atomic mass is 80.0. The van der Waals surface area contributed by atoms with Crippen LogP contribution in [0, 0.1) is 0 Å². The lowest BCUT2D eigenvalue weighted by Gasteiger charge is -2.30. The first kappa shape index (κ1) is 13.6. The molecule has 1 unspecified atom stereocenters. The van der Waals surface area contributed by atoms with Crippen molar-refractivity contribution >= 4 is 53.5 Å². The monoisotopic (exact) mass is 398 g/mol. The number of hydrogen-bond acceptors (Lipinski definition) is 2. The summed E-state index contributed by atoms with van der Waals surface area (Å²) in [5.74, 6) is 0. The van der Waals surface area contributed by atoms with Crippen molar-refractivity contribution in [2.45, 2.75) is 8.18 Å². The summed E-state index contributed by atoms with van der Waals surface area (Å²) >= 11 is 10.5. The molecule has 0 aromatic heterocycles. The van der Waals surface area contributed by atoms with Gasteiger partial charge in [0.25, 0.3) is 0 Å². The Balaban J connectivity index is 2.71. The number of likely N-dealkylation sites (N-methyl/N-ethyl adjacent to an activating group) is 1. The van der Waals surface area contributed by atoms with Crippen LogP contribution in [0.15, 0.2) is 29.3 Å². The van der Waals surface area contributed by atoms with Crippen LogP contribution >= 0.6 is 47.8 Å². The highest BCUT2D eigenvalue weighted by Crippen LogP contribution is 2.34. The normalized spacial score (nSPS) is 24.1. The largest absolute Gasteiger partial charge is 0.292 e. The number of aliphatic imine (C=N–C) groups is 1. The Morgan fingerprint density at radius 2 is 2.07 bits per heavy atom. The molecule has 0 heterocycles. The standard InChI is InChI=1S/C10H13Br3N2/c1-14-8-5-3-4-6-9(8)15(2)7-10(11,12)13/h3-6,9H,7H2,1-2H3/b14-8-. The molecule has 1 atom stereocenters. The fourth-order valence-corrected chi connectivity index (χ4v) is 2.67. The molecule has 2 nitrogen and oxygen atoms in total. The molecule has 0 bridgehead atoms. The third-order valence-corrected chi connectivity index (χ3v) is 2.89. The Hall–Kier alpha value is 0.550. The van der Waals surface area contributed by atoms with Crippen molar-refractivity contribution in [3.8, 4) is 0 Å². The number of allylic oxidation sites excluding steroid dienone is 2. The zero-order valence-electron chi connectivity index (χ0n) is 8.62. The molecule has 0 aliphatic heterocycles. The van der Waals surface area contributed by atoms with Crippen LogP contribution in [0.25, 0.3) is 0 Å². The van der Waals surface area contributed by atoms with E-state index in [1.165, 1.54) is 0 Å². The Bertz CT molecular complexity index is 302. The van der Waals surface area contributed by atoms with Crippen molar-refractivity contribution in [2.24, 2.45) is 4.99 Å². The predicted octanol–water partition coefficient (Wildman–Crippen LogP) is 3.32. The Morgan fingerprint density at radius 1 is 1.40 bits per heavy atom. The van der Waals surface area contributed by atoms with Crippen LogP contribution in [-0.4, -0.2) is 39.4 Å². The van der Waals surface area contributed by atoms with Crippen molar-refractivity contribution in [3.63, 3.8) is 0 Å². The van der Waals surface area contributed by atoms with Crippen molar-refractivity contribution < 1.29 is 0 Å². The summed E-state index contributed by atoms with van der Waals surface area (Å²) in [5, 5.41) is 0. The molecule has 0 saturated carbocycles. The Labute approximate surface area is 116 Å². The van der Waals surface area contributed by atoms with Crippen molar-refractivity contribution in [1.29, 1.82) is 0 Å². The fourth-order valence-electron chi connectivity index (χ4n) is 1.48. The van der Waals surface area contributed by atoms with E-state index in [2.05, 4.69) is 70.8 Å². The van der Waals surface area contributed by atoms with Gasteiger partial charge >= 0.3 is 0 Å². The van der Waals surface area contributed by atoms with Gasteiger partial charge < -0.3 is 0 Å². The maximum atomic E-state index is 4.27. The van der Waals surface area contributed by atoms with E-state index in [0.717, 1.165) is 12.3 Å². The molecule has 15 heavy (non-hydrogen) atoms. The van der Waals surface area contributed by atoms with E-state index < -0.39 is 0 Å². The van der Waals surface area contributed by atoms with Gasteiger partial charge in [0.05, 0.1) is 11.8 Å². The van der Waals surface area contributed by atoms with Crippen LogP contribution in [-0.2, 0) is 0 Å². The highest BCUT2D eigenvalue weighted by Gasteiger charge is 2.25. The van der Waals surface area contributed by atoms with Crippen molar-refractivity contribution in [1.82, 2.24) is 4.90 Å². The average Bonchev–Trinajstić information content (AvgIpc) is 2.15. The van der Waals surface area contributed by atoms with Crippen LogP contribution in [0.3, 0.4) is 0 Å². The first-order valence-electron chi connectivity index (χ1n) is 4.52. The summed E-state index contributed by atoms with van der Waals surface area (Å²) in [6, 6.07) is 0.243. The van der Waals surface area contributed by atoms with Gasteiger partial charge in [0.2, 0.25) is 0 Å². The van der Waals surface area contributed by atoms with Crippen LogP contribution in [0.1, 0.15) is 0 Å². The summed E-state index contributed by atoms with van der Waals surface area (Å²) in [6.07, 6.45) is 8.24. The molecule has 0 saturated heterocycles. The van der Waals surface area contributed by atoms with Gasteiger partial charge in [0.15, 0.2) is 0 Å².